The number of fused-ring (bicyclic) bond motifs is 1. The first kappa shape index (κ1) is 18.1. The maximum Gasteiger partial charge on any atom is 0.308 e. The Morgan fingerprint density at radius 2 is 1.77 bits per heavy atom. The van der Waals surface area contributed by atoms with Crippen molar-refractivity contribution in [2.75, 3.05) is 6.61 Å². The molecule has 0 radical (unpaired) electrons. The van der Waals surface area contributed by atoms with Gasteiger partial charge in [-0.15, -0.1) is 0 Å². The van der Waals surface area contributed by atoms with E-state index in [1.807, 2.05) is 6.92 Å². The van der Waals surface area contributed by atoms with Crippen molar-refractivity contribution in [3.05, 3.63) is 65.2 Å². The largest absolute Gasteiger partial charge is 0.466 e. The van der Waals surface area contributed by atoms with E-state index in [0.29, 0.717) is 5.56 Å². The molecule has 0 N–H and O–H groups in total. The number of hydrogen-bond acceptors (Lipinski definition) is 5. The van der Waals surface area contributed by atoms with Crippen LogP contribution in [-0.4, -0.2) is 31.2 Å². The molecule has 0 bridgehead atoms. The molecule has 1 amide bonds. The topological polar surface area (TPSA) is 80.8 Å². The molecule has 0 saturated heterocycles. The lowest BCUT2D eigenvalue weighted by molar-refractivity contribution is -0.143. The Morgan fingerprint density at radius 1 is 1.12 bits per heavy atom. The highest BCUT2D eigenvalue weighted by Gasteiger charge is 2.45. The highest BCUT2D eigenvalue weighted by Crippen LogP contribution is 2.40. The van der Waals surface area contributed by atoms with Gasteiger partial charge in [-0.05, 0) is 37.6 Å². The standard InChI is InChI=1S/C19H19NO5S/c1-3-25-18(21)12-17-15-6-4-5-7-16(15)19(22)20(17)26(23,24)14-10-8-13(2)9-11-14/h4-11,17H,3,12H2,1-2H3. The lowest BCUT2D eigenvalue weighted by Crippen LogP contribution is -2.35. The lowest BCUT2D eigenvalue weighted by atomic mass is 10.0. The van der Waals surface area contributed by atoms with Gasteiger partial charge in [-0.1, -0.05) is 35.9 Å². The minimum atomic E-state index is -4.11. The number of carbonyl (C=O) groups excluding carboxylic acids is 2. The molecule has 7 heteroatoms. The van der Waals surface area contributed by atoms with Crippen molar-refractivity contribution in [2.45, 2.75) is 31.2 Å². The summed E-state index contributed by atoms with van der Waals surface area (Å²) < 4.78 is 32.0. The number of benzene rings is 2. The molecule has 1 atom stereocenters. The number of esters is 1. The van der Waals surface area contributed by atoms with Gasteiger partial charge in [-0.2, -0.15) is 0 Å². The van der Waals surface area contributed by atoms with Gasteiger partial charge in [0.1, 0.15) is 0 Å². The van der Waals surface area contributed by atoms with Crippen LogP contribution in [-0.2, 0) is 19.6 Å². The van der Waals surface area contributed by atoms with Crippen LogP contribution in [0.3, 0.4) is 0 Å². The van der Waals surface area contributed by atoms with Crippen LogP contribution in [0.2, 0.25) is 0 Å². The molecule has 1 unspecified atom stereocenters. The molecule has 0 aromatic heterocycles. The van der Waals surface area contributed by atoms with E-state index < -0.39 is 27.9 Å². The molecule has 1 heterocycles. The second-order valence-electron chi connectivity index (χ2n) is 6.03. The lowest BCUT2D eigenvalue weighted by Gasteiger charge is -2.24. The van der Waals surface area contributed by atoms with Crippen molar-refractivity contribution < 1.29 is 22.7 Å². The van der Waals surface area contributed by atoms with Gasteiger partial charge in [0, 0.05) is 5.56 Å². The Bertz CT molecular complexity index is 950. The van der Waals surface area contributed by atoms with Crippen LogP contribution >= 0.6 is 0 Å². The number of sulfonamides is 1. The predicted molar refractivity (Wildman–Crippen MR) is 95.0 cm³/mol. The van der Waals surface area contributed by atoms with E-state index in [9.17, 15) is 18.0 Å². The fourth-order valence-corrected chi connectivity index (χ4v) is 4.59. The van der Waals surface area contributed by atoms with Crippen LogP contribution in [0.4, 0.5) is 0 Å². The van der Waals surface area contributed by atoms with E-state index in [2.05, 4.69) is 0 Å². The zero-order chi connectivity index (χ0) is 18.9. The molecule has 0 spiro atoms. The van der Waals surface area contributed by atoms with Crippen LogP contribution in [0, 0.1) is 6.92 Å². The summed E-state index contributed by atoms with van der Waals surface area (Å²) in [5.41, 5.74) is 1.71. The van der Waals surface area contributed by atoms with Gasteiger partial charge in [0.25, 0.3) is 15.9 Å². The Kier molecular flexibility index (Phi) is 4.82. The summed E-state index contributed by atoms with van der Waals surface area (Å²) >= 11 is 0. The number of nitrogens with zero attached hydrogens (tertiary/aromatic N) is 1. The third-order valence-corrected chi connectivity index (χ3v) is 6.08. The van der Waals surface area contributed by atoms with Gasteiger partial charge in [-0.25, -0.2) is 12.7 Å². The highest BCUT2D eigenvalue weighted by molar-refractivity contribution is 7.89. The molecule has 6 nitrogen and oxygen atoms in total. The summed E-state index contributed by atoms with van der Waals surface area (Å²) in [4.78, 5) is 24.9. The Morgan fingerprint density at radius 3 is 2.42 bits per heavy atom. The molecular formula is C19H19NO5S. The summed E-state index contributed by atoms with van der Waals surface area (Å²) in [6.45, 7) is 3.70. The van der Waals surface area contributed by atoms with Crippen molar-refractivity contribution in [1.29, 1.82) is 0 Å². The number of ether oxygens (including phenoxy) is 1. The van der Waals surface area contributed by atoms with Gasteiger partial charge >= 0.3 is 5.97 Å². The number of carbonyl (C=O) groups is 2. The first-order valence-corrected chi connectivity index (χ1v) is 9.70. The van der Waals surface area contributed by atoms with Crippen molar-refractivity contribution >= 4 is 21.9 Å². The molecule has 1 aliphatic rings. The Hall–Kier alpha value is -2.67. The summed E-state index contributed by atoms with van der Waals surface area (Å²) in [6.07, 6.45) is -0.221. The van der Waals surface area contributed by atoms with Gasteiger partial charge in [0.2, 0.25) is 0 Å². The van der Waals surface area contributed by atoms with E-state index in [1.54, 1.807) is 43.3 Å². The van der Waals surface area contributed by atoms with Gasteiger partial charge < -0.3 is 4.74 Å². The first-order valence-electron chi connectivity index (χ1n) is 8.26. The smallest absolute Gasteiger partial charge is 0.308 e. The number of aryl methyl sites for hydroxylation is 1. The average Bonchev–Trinajstić information content (AvgIpc) is 2.89. The number of hydrogen-bond donors (Lipinski definition) is 0. The maximum atomic E-state index is 13.1. The van der Waals surface area contributed by atoms with E-state index in [1.165, 1.54) is 12.1 Å². The monoisotopic (exact) mass is 373 g/mol. The molecule has 2 aromatic rings. The van der Waals surface area contributed by atoms with Crippen LogP contribution in [0.15, 0.2) is 53.4 Å². The Labute approximate surface area is 152 Å². The fraction of sp³-hybridized carbons (Fsp3) is 0.263. The zero-order valence-corrected chi connectivity index (χ0v) is 15.3. The Balaban J connectivity index is 2.07. The third kappa shape index (κ3) is 3.10. The molecular weight excluding hydrogens is 354 g/mol. The first-order chi connectivity index (χ1) is 12.4. The minimum absolute atomic E-state index is 0.0121. The summed E-state index contributed by atoms with van der Waals surface area (Å²) in [6, 6.07) is 12.0. The summed E-state index contributed by atoms with van der Waals surface area (Å²) in [7, 11) is -4.11. The molecule has 3 rings (SSSR count). The summed E-state index contributed by atoms with van der Waals surface area (Å²) in [5, 5.41) is 0. The van der Waals surface area contributed by atoms with E-state index in [0.717, 1.165) is 9.87 Å². The molecule has 0 aliphatic carbocycles. The minimum Gasteiger partial charge on any atom is -0.466 e. The SMILES string of the molecule is CCOC(=O)CC1c2ccccc2C(=O)N1S(=O)(=O)c1ccc(C)cc1. The zero-order valence-electron chi connectivity index (χ0n) is 14.5. The maximum absolute atomic E-state index is 13.1. The average molecular weight is 373 g/mol. The molecule has 1 aliphatic heterocycles. The second-order valence-corrected chi connectivity index (χ2v) is 7.85. The van der Waals surface area contributed by atoms with E-state index in [4.69, 9.17) is 4.74 Å². The van der Waals surface area contributed by atoms with Crippen molar-refractivity contribution in [3.63, 3.8) is 0 Å². The molecule has 2 aromatic carbocycles. The van der Waals surface area contributed by atoms with E-state index >= 15 is 0 Å². The van der Waals surface area contributed by atoms with Crippen molar-refractivity contribution in [3.8, 4) is 0 Å². The predicted octanol–water partition coefficient (Wildman–Crippen LogP) is 2.83. The molecule has 136 valence electrons. The van der Waals surface area contributed by atoms with E-state index in [-0.39, 0.29) is 23.5 Å². The van der Waals surface area contributed by atoms with Gasteiger partial charge in [-0.3, -0.25) is 9.59 Å². The van der Waals surface area contributed by atoms with Crippen molar-refractivity contribution in [1.82, 2.24) is 4.31 Å². The highest BCUT2D eigenvalue weighted by atomic mass is 32.2. The summed E-state index contributed by atoms with van der Waals surface area (Å²) in [5.74, 6) is -1.18. The second kappa shape index (κ2) is 6.92. The fourth-order valence-electron chi connectivity index (χ4n) is 3.04. The quantitative estimate of drug-likeness (QED) is 0.753. The van der Waals surface area contributed by atoms with Crippen molar-refractivity contribution in [2.24, 2.45) is 0 Å². The molecule has 0 fully saturated rings. The molecule has 26 heavy (non-hydrogen) atoms. The third-order valence-electron chi connectivity index (χ3n) is 4.28. The normalized spacial score (nSPS) is 16.5. The van der Waals surface area contributed by atoms with Crippen LogP contribution in [0.5, 0.6) is 0 Å². The molecule has 0 saturated carbocycles. The number of rotatable bonds is 5. The number of amides is 1. The van der Waals surface area contributed by atoms with Gasteiger partial charge in [0.05, 0.1) is 24.0 Å². The van der Waals surface area contributed by atoms with Gasteiger partial charge in [0.15, 0.2) is 0 Å². The van der Waals surface area contributed by atoms with Crippen LogP contribution in [0.25, 0.3) is 0 Å². The van der Waals surface area contributed by atoms with Crippen LogP contribution in [0.1, 0.15) is 40.9 Å². The van der Waals surface area contributed by atoms with Crippen LogP contribution < -0.4 is 0 Å².